The van der Waals surface area contributed by atoms with Crippen LogP contribution in [0, 0.1) is 5.92 Å². The Morgan fingerprint density at radius 3 is 1.75 bits per heavy atom. The first-order valence-corrected chi connectivity index (χ1v) is 6.62. The zero-order chi connectivity index (χ0) is 14.8. The molecule has 0 aliphatic rings. The molecule has 0 heterocycles. The molecule has 0 bridgehead atoms. The summed E-state index contributed by atoms with van der Waals surface area (Å²) >= 11 is 0. The molecular weight excluding hydrogens is 275 g/mol. The Balaban J connectivity index is 0. The molecule has 0 radical (unpaired) electrons. The molecular formula is C14H25AlO5. The molecule has 0 atom stereocenters. The predicted octanol–water partition coefficient (Wildman–Crippen LogP) is 0.679. The van der Waals surface area contributed by atoms with E-state index >= 15 is 0 Å². The number of hydrogen-bond acceptors (Lipinski definition) is 5. The molecule has 0 N–H and O–H groups in total. The lowest BCUT2D eigenvalue weighted by molar-refractivity contribution is -0.149. The minimum atomic E-state index is -0.879. The molecule has 0 rings (SSSR count). The summed E-state index contributed by atoms with van der Waals surface area (Å²) < 4.78 is 4.85. The third kappa shape index (κ3) is 9.00. The van der Waals surface area contributed by atoms with Crippen LogP contribution in [-0.2, 0) is 23.9 Å². The second-order valence-corrected chi connectivity index (χ2v) is 4.55. The molecule has 0 aromatic carbocycles. The second-order valence-electron chi connectivity index (χ2n) is 4.55. The summed E-state index contributed by atoms with van der Waals surface area (Å²) in [6, 6.07) is 0. The van der Waals surface area contributed by atoms with Crippen molar-refractivity contribution in [1.82, 2.24) is 0 Å². The first-order valence-electron chi connectivity index (χ1n) is 6.62. The summed E-state index contributed by atoms with van der Waals surface area (Å²) in [5, 5.41) is 0. The first kappa shape index (κ1) is 21.3. The molecule has 6 heteroatoms. The molecule has 20 heavy (non-hydrogen) atoms. The van der Waals surface area contributed by atoms with E-state index in [0.717, 1.165) is 0 Å². The molecule has 0 aliphatic carbocycles. The molecule has 0 saturated carbocycles. The number of hydrogen-bond donors (Lipinski definition) is 0. The average molecular weight is 300 g/mol. The molecule has 0 amide bonds. The summed E-state index contributed by atoms with van der Waals surface area (Å²) in [4.78, 5) is 45.6. The zero-order valence-corrected chi connectivity index (χ0v) is 11.9. The van der Waals surface area contributed by atoms with E-state index < -0.39 is 11.9 Å². The summed E-state index contributed by atoms with van der Waals surface area (Å²) in [6.45, 7) is 4.73. The molecule has 0 aromatic rings. The van der Waals surface area contributed by atoms with Gasteiger partial charge in [-0.1, -0.05) is 13.8 Å². The van der Waals surface area contributed by atoms with Crippen LogP contribution in [0.25, 0.3) is 0 Å². The molecule has 5 nitrogen and oxygen atoms in total. The highest BCUT2D eigenvalue weighted by molar-refractivity contribution is 6.02. The van der Waals surface area contributed by atoms with E-state index in [2.05, 4.69) is 0 Å². The standard InChI is InChI=1S/C14H22O5.Al.3H/c1-4-6-12(16)11(13(17)7-5-2)9-19-14(18)8-10(3)15;;;;/h11H,4-9H2,1-3H3;;;;. The van der Waals surface area contributed by atoms with Crippen molar-refractivity contribution in [1.29, 1.82) is 0 Å². The molecule has 0 spiro atoms. The number of ether oxygens (including phenoxy) is 1. The maximum absolute atomic E-state index is 11.8. The van der Waals surface area contributed by atoms with Crippen molar-refractivity contribution in [2.45, 2.75) is 52.9 Å². The van der Waals surface area contributed by atoms with Crippen molar-refractivity contribution in [3.8, 4) is 0 Å². The quantitative estimate of drug-likeness (QED) is 0.337. The van der Waals surface area contributed by atoms with Crippen LogP contribution < -0.4 is 0 Å². The molecule has 0 aliphatic heterocycles. The van der Waals surface area contributed by atoms with Crippen molar-refractivity contribution in [3.05, 3.63) is 0 Å². The largest absolute Gasteiger partial charge is 0.464 e. The summed E-state index contributed by atoms with van der Waals surface area (Å²) in [5.41, 5.74) is 0. The van der Waals surface area contributed by atoms with Crippen LogP contribution in [-0.4, -0.2) is 47.3 Å². The van der Waals surface area contributed by atoms with Crippen LogP contribution in [0.1, 0.15) is 52.9 Å². The van der Waals surface area contributed by atoms with Gasteiger partial charge in [-0.3, -0.25) is 19.2 Å². The van der Waals surface area contributed by atoms with Crippen LogP contribution in [0.2, 0.25) is 0 Å². The van der Waals surface area contributed by atoms with Gasteiger partial charge >= 0.3 is 5.97 Å². The van der Waals surface area contributed by atoms with E-state index in [-0.39, 0.29) is 47.7 Å². The second kappa shape index (κ2) is 11.8. The fraction of sp³-hybridized carbons (Fsp3) is 0.714. The minimum absolute atomic E-state index is 0. The predicted molar refractivity (Wildman–Crippen MR) is 79.5 cm³/mol. The van der Waals surface area contributed by atoms with Crippen LogP contribution in [0.15, 0.2) is 0 Å². The van der Waals surface area contributed by atoms with Crippen LogP contribution in [0.5, 0.6) is 0 Å². The molecule has 0 unspecified atom stereocenters. The van der Waals surface area contributed by atoms with Gasteiger partial charge in [-0.05, 0) is 19.8 Å². The maximum Gasteiger partial charge on any atom is 0.313 e. The van der Waals surface area contributed by atoms with Gasteiger partial charge in [0.25, 0.3) is 0 Å². The summed E-state index contributed by atoms with van der Waals surface area (Å²) in [7, 11) is 0. The normalized spacial score (nSPS) is 9.80. The van der Waals surface area contributed by atoms with E-state index in [1.807, 2.05) is 13.8 Å². The minimum Gasteiger partial charge on any atom is -0.464 e. The Morgan fingerprint density at radius 1 is 0.950 bits per heavy atom. The van der Waals surface area contributed by atoms with Gasteiger partial charge in [0, 0.05) is 12.8 Å². The van der Waals surface area contributed by atoms with Crippen LogP contribution in [0.3, 0.4) is 0 Å². The number of rotatable bonds is 10. The Morgan fingerprint density at radius 2 is 1.40 bits per heavy atom. The Labute approximate surface area is 130 Å². The third-order valence-corrected chi connectivity index (χ3v) is 2.57. The van der Waals surface area contributed by atoms with Crippen LogP contribution in [0.4, 0.5) is 0 Å². The topological polar surface area (TPSA) is 77.5 Å². The van der Waals surface area contributed by atoms with E-state index in [1.165, 1.54) is 6.92 Å². The van der Waals surface area contributed by atoms with Crippen LogP contribution >= 0.6 is 0 Å². The number of esters is 1. The summed E-state index contributed by atoms with van der Waals surface area (Å²) in [6.07, 6.45) is 1.57. The van der Waals surface area contributed by atoms with Gasteiger partial charge in [0.15, 0.2) is 17.4 Å². The van der Waals surface area contributed by atoms with Gasteiger partial charge in [0.2, 0.25) is 0 Å². The Bertz CT molecular complexity index is 333. The first-order chi connectivity index (χ1) is 8.92. The van der Waals surface area contributed by atoms with E-state index in [9.17, 15) is 19.2 Å². The molecule has 0 aromatic heterocycles. The van der Waals surface area contributed by atoms with E-state index in [4.69, 9.17) is 4.74 Å². The SMILES string of the molecule is CCCC(=O)C(COC(=O)CC(C)=O)C(=O)CCC.[AlH3]. The number of carbonyl (C=O) groups is 4. The molecule has 114 valence electrons. The van der Waals surface area contributed by atoms with Gasteiger partial charge in [-0.2, -0.15) is 0 Å². The maximum atomic E-state index is 11.8. The van der Waals surface area contributed by atoms with Gasteiger partial charge in [-0.25, -0.2) is 0 Å². The molecule has 0 fully saturated rings. The lowest BCUT2D eigenvalue weighted by Crippen LogP contribution is -2.30. The number of ketones is 3. The lowest BCUT2D eigenvalue weighted by Gasteiger charge is -2.14. The smallest absolute Gasteiger partial charge is 0.313 e. The Hall–Kier alpha value is -0.988. The van der Waals surface area contributed by atoms with E-state index in [1.54, 1.807) is 0 Å². The average Bonchev–Trinajstić information content (AvgIpc) is 2.28. The zero-order valence-electron chi connectivity index (χ0n) is 11.9. The highest BCUT2D eigenvalue weighted by Gasteiger charge is 2.26. The highest BCUT2D eigenvalue weighted by Crippen LogP contribution is 2.11. The fourth-order valence-electron chi connectivity index (χ4n) is 1.64. The van der Waals surface area contributed by atoms with Crippen molar-refractivity contribution >= 4 is 40.7 Å². The van der Waals surface area contributed by atoms with Crippen molar-refractivity contribution < 1.29 is 23.9 Å². The number of Topliss-reactive ketones (excluding diaryl/α,β-unsaturated/α-hetero) is 3. The summed E-state index contributed by atoms with van der Waals surface area (Å²) in [5.74, 6) is -2.27. The van der Waals surface area contributed by atoms with Gasteiger partial charge in [0.1, 0.15) is 36.3 Å². The third-order valence-electron chi connectivity index (χ3n) is 2.57. The van der Waals surface area contributed by atoms with Gasteiger partial charge in [-0.15, -0.1) is 0 Å². The number of carbonyl (C=O) groups excluding carboxylic acids is 4. The van der Waals surface area contributed by atoms with Gasteiger partial charge in [0.05, 0.1) is 0 Å². The Kier molecular flexibility index (Phi) is 12.6. The van der Waals surface area contributed by atoms with Crippen molar-refractivity contribution in [2.75, 3.05) is 6.61 Å². The van der Waals surface area contributed by atoms with Crippen molar-refractivity contribution in [2.24, 2.45) is 5.92 Å². The lowest BCUT2D eigenvalue weighted by atomic mass is 9.94. The van der Waals surface area contributed by atoms with Crippen molar-refractivity contribution in [3.63, 3.8) is 0 Å². The van der Waals surface area contributed by atoms with E-state index in [0.29, 0.717) is 25.7 Å². The highest BCUT2D eigenvalue weighted by atomic mass is 27.0. The van der Waals surface area contributed by atoms with Gasteiger partial charge < -0.3 is 4.74 Å². The molecule has 0 saturated heterocycles. The monoisotopic (exact) mass is 300 g/mol. The fourth-order valence-corrected chi connectivity index (χ4v) is 1.64.